The summed E-state index contributed by atoms with van der Waals surface area (Å²) in [6, 6.07) is 1.36. The van der Waals surface area contributed by atoms with Gasteiger partial charge in [0.2, 0.25) is 5.82 Å². The summed E-state index contributed by atoms with van der Waals surface area (Å²) in [6.45, 7) is 0.363. The molecule has 0 radical (unpaired) electrons. The Morgan fingerprint density at radius 1 is 1.57 bits per heavy atom. The first-order chi connectivity index (χ1) is 9.97. The maximum atomic E-state index is 10.9. The van der Waals surface area contributed by atoms with Gasteiger partial charge in [-0.15, -0.1) is 11.3 Å². The van der Waals surface area contributed by atoms with Gasteiger partial charge in [-0.05, 0) is 15.9 Å². The van der Waals surface area contributed by atoms with Crippen molar-refractivity contribution in [3.63, 3.8) is 0 Å². The Morgan fingerprint density at radius 2 is 2.33 bits per heavy atom. The zero-order valence-electron chi connectivity index (χ0n) is 10.4. The molecule has 2 heterocycles. The summed E-state index contributed by atoms with van der Waals surface area (Å²) in [7, 11) is 0. The second-order valence-electron chi connectivity index (χ2n) is 3.89. The van der Waals surface area contributed by atoms with Gasteiger partial charge in [0.1, 0.15) is 0 Å². The van der Waals surface area contributed by atoms with Crippen LogP contribution in [-0.2, 0) is 6.42 Å². The van der Waals surface area contributed by atoms with Crippen molar-refractivity contribution in [1.29, 1.82) is 0 Å². The number of aromatic nitrogens is 2. The first-order valence-corrected chi connectivity index (χ1v) is 7.36. The molecule has 0 spiro atoms. The number of aromatic carboxylic acids is 1. The van der Waals surface area contributed by atoms with E-state index in [4.69, 9.17) is 5.11 Å². The van der Waals surface area contributed by atoms with Crippen molar-refractivity contribution in [3.05, 3.63) is 42.9 Å². The van der Waals surface area contributed by atoms with Gasteiger partial charge in [0.25, 0.3) is 0 Å². The second-order valence-corrected chi connectivity index (χ2v) is 5.75. The van der Waals surface area contributed by atoms with E-state index >= 15 is 0 Å². The molecule has 10 heteroatoms. The highest BCUT2D eigenvalue weighted by Gasteiger charge is 2.15. The average molecular weight is 373 g/mol. The standard InChI is InChI=1S/C11H9BrN4O4S/c12-6-3-8(16(19)20)10(14-4-6)13-2-1-9-15-7(5-21-9)11(17)18/h3-5H,1-2H2,(H,13,14)(H,17,18). The molecule has 2 N–H and O–H groups in total. The normalized spacial score (nSPS) is 10.3. The Balaban J connectivity index is 2.00. The molecule has 0 saturated heterocycles. The molecule has 0 aromatic carbocycles. The number of hydrogen-bond donors (Lipinski definition) is 2. The van der Waals surface area contributed by atoms with Crippen LogP contribution in [0.3, 0.4) is 0 Å². The van der Waals surface area contributed by atoms with Gasteiger partial charge in [-0.25, -0.2) is 14.8 Å². The van der Waals surface area contributed by atoms with Crippen molar-refractivity contribution >= 4 is 44.7 Å². The number of carbonyl (C=O) groups is 1. The first kappa shape index (κ1) is 15.3. The fraction of sp³-hybridized carbons (Fsp3) is 0.182. The molecule has 0 unspecified atom stereocenters. The van der Waals surface area contributed by atoms with Crippen LogP contribution in [0.2, 0.25) is 0 Å². The van der Waals surface area contributed by atoms with E-state index in [2.05, 4.69) is 31.2 Å². The number of carboxylic acid groups (broad SMARTS) is 1. The number of rotatable bonds is 6. The van der Waals surface area contributed by atoms with Crippen LogP contribution >= 0.6 is 27.3 Å². The lowest BCUT2D eigenvalue weighted by Gasteiger charge is -2.05. The smallest absolute Gasteiger partial charge is 0.355 e. The summed E-state index contributed by atoms with van der Waals surface area (Å²) in [5.74, 6) is -0.908. The Morgan fingerprint density at radius 3 is 2.95 bits per heavy atom. The summed E-state index contributed by atoms with van der Waals surface area (Å²) >= 11 is 4.36. The molecule has 21 heavy (non-hydrogen) atoms. The molecule has 0 atom stereocenters. The Labute approximate surface area is 131 Å². The summed E-state index contributed by atoms with van der Waals surface area (Å²) in [5.41, 5.74) is -0.127. The van der Waals surface area contributed by atoms with E-state index in [0.29, 0.717) is 22.4 Å². The maximum absolute atomic E-state index is 10.9. The van der Waals surface area contributed by atoms with Gasteiger partial charge in [0.05, 0.1) is 9.93 Å². The lowest BCUT2D eigenvalue weighted by Crippen LogP contribution is -2.08. The quantitative estimate of drug-likeness (QED) is 0.590. The van der Waals surface area contributed by atoms with Crippen molar-refractivity contribution < 1.29 is 14.8 Å². The minimum absolute atomic E-state index is 0.00254. The van der Waals surface area contributed by atoms with E-state index in [9.17, 15) is 14.9 Å². The average Bonchev–Trinajstić information content (AvgIpc) is 2.89. The number of nitro groups is 1. The monoisotopic (exact) mass is 372 g/mol. The largest absolute Gasteiger partial charge is 0.476 e. The third-order valence-electron chi connectivity index (χ3n) is 2.43. The lowest BCUT2D eigenvalue weighted by atomic mass is 10.3. The molecule has 0 aliphatic rings. The van der Waals surface area contributed by atoms with Crippen LogP contribution in [0, 0.1) is 10.1 Å². The third kappa shape index (κ3) is 3.95. The van der Waals surface area contributed by atoms with E-state index in [-0.39, 0.29) is 17.2 Å². The van der Waals surface area contributed by atoms with E-state index in [1.807, 2.05) is 0 Å². The molecule has 2 aromatic heterocycles. The molecular formula is C11H9BrN4O4S. The number of anilines is 1. The van der Waals surface area contributed by atoms with Gasteiger partial charge >= 0.3 is 11.7 Å². The Bertz CT molecular complexity index is 691. The summed E-state index contributed by atoms with van der Waals surface area (Å²) in [6.07, 6.45) is 1.91. The number of thiazole rings is 1. The second kappa shape index (κ2) is 6.59. The van der Waals surface area contributed by atoms with Gasteiger partial charge in [-0.3, -0.25) is 10.1 Å². The van der Waals surface area contributed by atoms with Gasteiger partial charge < -0.3 is 10.4 Å². The van der Waals surface area contributed by atoms with Crippen molar-refractivity contribution in [1.82, 2.24) is 9.97 Å². The predicted molar refractivity (Wildman–Crippen MR) is 79.9 cm³/mol. The fourth-order valence-corrected chi connectivity index (χ4v) is 2.61. The van der Waals surface area contributed by atoms with Crippen LogP contribution in [0.1, 0.15) is 15.5 Å². The lowest BCUT2D eigenvalue weighted by molar-refractivity contribution is -0.384. The number of nitrogens with one attached hydrogen (secondary N) is 1. The summed E-state index contributed by atoms with van der Waals surface area (Å²) in [4.78, 5) is 29.0. The SMILES string of the molecule is O=C(O)c1csc(CCNc2ncc(Br)cc2[N+](=O)[O-])n1. The van der Waals surface area contributed by atoms with Crippen LogP contribution < -0.4 is 5.32 Å². The van der Waals surface area contributed by atoms with E-state index in [1.165, 1.54) is 29.0 Å². The zero-order chi connectivity index (χ0) is 15.4. The van der Waals surface area contributed by atoms with E-state index < -0.39 is 10.9 Å². The predicted octanol–water partition coefficient (Wildman–Crippen LogP) is 2.56. The van der Waals surface area contributed by atoms with Crippen molar-refractivity contribution in [2.75, 3.05) is 11.9 Å². The number of pyridine rings is 1. The number of carboxylic acids is 1. The molecule has 0 bridgehead atoms. The molecular weight excluding hydrogens is 364 g/mol. The highest BCUT2D eigenvalue weighted by molar-refractivity contribution is 9.10. The summed E-state index contributed by atoms with van der Waals surface area (Å²) in [5, 5.41) is 24.6. The third-order valence-corrected chi connectivity index (χ3v) is 3.78. The van der Waals surface area contributed by atoms with Crippen LogP contribution in [0.4, 0.5) is 11.5 Å². The number of nitrogens with zero attached hydrogens (tertiary/aromatic N) is 3. The molecule has 8 nitrogen and oxygen atoms in total. The molecule has 2 rings (SSSR count). The van der Waals surface area contributed by atoms with Crippen molar-refractivity contribution in [3.8, 4) is 0 Å². The molecule has 0 aliphatic carbocycles. The van der Waals surface area contributed by atoms with Gasteiger partial charge in [-0.2, -0.15) is 0 Å². The van der Waals surface area contributed by atoms with E-state index in [0.717, 1.165) is 0 Å². The zero-order valence-corrected chi connectivity index (χ0v) is 12.8. The van der Waals surface area contributed by atoms with Gasteiger partial charge in [-0.1, -0.05) is 0 Å². The van der Waals surface area contributed by atoms with Gasteiger partial charge in [0.15, 0.2) is 5.69 Å². The first-order valence-electron chi connectivity index (χ1n) is 5.69. The number of halogens is 1. The highest BCUT2D eigenvalue weighted by Crippen LogP contribution is 2.25. The maximum Gasteiger partial charge on any atom is 0.355 e. The highest BCUT2D eigenvalue weighted by atomic mass is 79.9. The number of hydrogen-bond acceptors (Lipinski definition) is 7. The molecule has 2 aromatic rings. The minimum Gasteiger partial charge on any atom is -0.476 e. The van der Waals surface area contributed by atoms with Crippen LogP contribution in [-0.4, -0.2) is 32.5 Å². The van der Waals surface area contributed by atoms with Crippen LogP contribution in [0.5, 0.6) is 0 Å². The van der Waals surface area contributed by atoms with Crippen LogP contribution in [0.25, 0.3) is 0 Å². The molecule has 0 aliphatic heterocycles. The molecule has 0 saturated carbocycles. The Kier molecular flexibility index (Phi) is 4.81. The molecule has 0 amide bonds. The van der Waals surface area contributed by atoms with Gasteiger partial charge in [0, 0.05) is 35.1 Å². The van der Waals surface area contributed by atoms with Crippen molar-refractivity contribution in [2.45, 2.75) is 6.42 Å². The van der Waals surface area contributed by atoms with Crippen molar-refractivity contribution in [2.24, 2.45) is 0 Å². The van der Waals surface area contributed by atoms with E-state index in [1.54, 1.807) is 0 Å². The summed E-state index contributed by atoms with van der Waals surface area (Å²) < 4.78 is 0.519. The Hall–Kier alpha value is -2.07. The topological polar surface area (TPSA) is 118 Å². The molecule has 0 fully saturated rings. The fourth-order valence-electron chi connectivity index (χ4n) is 1.52. The minimum atomic E-state index is -1.07. The van der Waals surface area contributed by atoms with Crippen LogP contribution in [0.15, 0.2) is 22.1 Å². The molecule has 110 valence electrons.